The molecule has 1 aliphatic heterocycles. The van der Waals surface area contributed by atoms with Gasteiger partial charge >= 0.3 is 0 Å². The number of nitrogens with one attached hydrogen (secondary N) is 2. The number of ether oxygens (including phenoxy) is 1. The predicted molar refractivity (Wildman–Crippen MR) is 95.1 cm³/mol. The third-order valence-corrected chi connectivity index (χ3v) is 4.45. The highest BCUT2D eigenvalue weighted by Crippen LogP contribution is 2.23. The Morgan fingerprint density at radius 2 is 2.12 bits per heavy atom. The lowest BCUT2D eigenvalue weighted by molar-refractivity contribution is 0.00355. The van der Waals surface area contributed by atoms with Gasteiger partial charge in [-0.15, -0.1) is 0 Å². The average Bonchev–Trinajstić information content (AvgIpc) is 3.12. The number of morpholine rings is 1. The third-order valence-electron chi connectivity index (χ3n) is 4.45. The molecule has 0 amide bonds. The zero-order chi connectivity index (χ0) is 16.2. The molecule has 1 aromatic heterocycles. The number of nitrogens with zero attached hydrogens (tertiary/aromatic N) is 2. The molecule has 1 unspecified atom stereocenters. The van der Waals surface area contributed by atoms with Gasteiger partial charge in [0, 0.05) is 37.0 Å². The van der Waals surface area contributed by atoms with Crippen molar-refractivity contribution in [2.24, 2.45) is 5.92 Å². The van der Waals surface area contributed by atoms with Crippen molar-refractivity contribution in [3.8, 4) is 5.69 Å². The molecule has 2 heterocycles. The molecule has 2 N–H and O–H groups in total. The molecule has 2 aromatic rings. The van der Waals surface area contributed by atoms with Gasteiger partial charge < -0.3 is 15.4 Å². The Morgan fingerprint density at radius 1 is 1.21 bits per heavy atom. The Bertz CT molecular complexity index is 729. The van der Waals surface area contributed by atoms with Crippen molar-refractivity contribution in [2.75, 3.05) is 25.0 Å². The average molecular weight is 322 g/mol. The highest BCUT2D eigenvalue weighted by molar-refractivity contribution is 5.46. The van der Waals surface area contributed by atoms with Gasteiger partial charge in [0.1, 0.15) is 0 Å². The zero-order valence-electron chi connectivity index (χ0n) is 13.6. The van der Waals surface area contributed by atoms with Crippen LogP contribution in [0.15, 0.2) is 66.5 Å². The molecule has 0 spiro atoms. The predicted octanol–water partition coefficient (Wildman–Crippen LogP) is 2.73. The zero-order valence-corrected chi connectivity index (χ0v) is 13.6. The molecule has 5 nitrogen and oxygen atoms in total. The van der Waals surface area contributed by atoms with Crippen molar-refractivity contribution >= 4 is 5.82 Å². The molecule has 0 saturated carbocycles. The number of aromatic nitrogens is 2. The van der Waals surface area contributed by atoms with E-state index in [1.807, 2.05) is 47.3 Å². The van der Waals surface area contributed by atoms with Gasteiger partial charge in [-0.1, -0.05) is 30.4 Å². The number of hydrogen-bond donors (Lipinski definition) is 2. The minimum atomic E-state index is 0.282. The van der Waals surface area contributed by atoms with Crippen molar-refractivity contribution in [2.45, 2.75) is 12.5 Å². The third kappa shape index (κ3) is 3.42. The van der Waals surface area contributed by atoms with Gasteiger partial charge in [-0.05, 0) is 24.6 Å². The molecular weight excluding hydrogens is 300 g/mol. The fraction of sp³-hybridized carbons (Fsp3) is 0.316. The van der Waals surface area contributed by atoms with E-state index >= 15 is 0 Å². The number of para-hydroxylation sites is 1. The van der Waals surface area contributed by atoms with Gasteiger partial charge in [0.15, 0.2) is 5.82 Å². The molecule has 4 rings (SSSR count). The molecule has 2 aliphatic rings. The van der Waals surface area contributed by atoms with Crippen LogP contribution in [0.3, 0.4) is 0 Å². The first-order valence-electron chi connectivity index (χ1n) is 8.47. The molecule has 124 valence electrons. The fourth-order valence-corrected chi connectivity index (χ4v) is 3.13. The summed E-state index contributed by atoms with van der Waals surface area (Å²) in [5.74, 6) is 1.30. The maximum Gasteiger partial charge on any atom is 0.152 e. The Hall–Kier alpha value is -2.37. The molecule has 1 saturated heterocycles. The number of benzene rings is 1. The summed E-state index contributed by atoms with van der Waals surface area (Å²) in [6.07, 6.45) is 9.84. The van der Waals surface area contributed by atoms with Gasteiger partial charge in [-0.25, -0.2) is 4.68 Å². The quantitative estimate of drug-likeness (QED) is 0.909. The van der Waals surface area contributed by atoms with E-state index in [1.54, 1.807) is 0 Å². The van der Waals surface area contributed by atoms with Crippen LogP contribution in [0.5, 0.6) is 0 Å². The Kier molecular flexibility index (Phi) is 4.44. The number of hydrogen-bond acceptors (Lipinski definition) is 4. The fourth-order valence-electron chi connectivity index (χ4n) is 3.13. The van der Waals surface area contributed by atoms with Gasteiger partial charge in [0.05, 0.1) is 18.4 Å². The summed E-state index contributed by atoms with van der Waals surface area (Å²) in [6, 6.07) is 12.1. The maximum atomic E-state index is 5.84. The van der Waals surface area contributed by atoms with Crippen molar-refractivity contribution in [1.29, 1.82) is 0 Å². The lowest BCUT2D eigenvalue weighted by atomic mass is 9.93. The summed E-state index contributed by atoms with van der Waals surface area (Å²) in [4.78, 5) is 0. The highest BCUT2D eigenvalue weighted by atomic mass is 16.5. The van der Waals surface area contributed by atoms with Gasteiger partial charge in [-0.2, -0.15) is 5.10 Å². The smallest absolute Gasteiger partial charge is 0.152 e. The number of anilines is 1. The van der Waals surface area contributed by atoms with E-state index < -0.39 is 0 Å². The molecule has 0 radical (unpaired) electrons. The van der Waals surface area contributed by atoms with Crippen molar-refractivity contribution in [1.82, 2.24) is 15.1 Å². The lowest BCUT2D eigenvalue weighted by Gasteiger charge is -2.30. The van der Waals surface area contributed by atoms with Crippen LogP contribution in [0.2, 0.25) is 0 Å². The van der Waals surface area contributed by atoms with Crippen molar-refractivity contribution in [3.63, 3.8) is 0 Å². The standard InChI is InChI=1S/C19H22N4O/c1-2-4-17(5-3-1)23-12-10-19(22-23)21-16-8-6-15(7-9-16)18-14-20-11-13-24-18/h1-6,8-10,12,15,18,20H,7,11,13-14H2,(H,21,22)/t15?,18-/m1/s1. The van der Waals surface area contributed by atoms with Crippen LogP contribution >= 0.6 is 0 Å². The van der Waals surface area contributed by atoms with Crippen LogP contribution in [0, 0.1) is 5.92 Å². The summed E-state index contributed by atoms with van der Waals surface area (Å²) < 4.78 is 7.72. The van der Waals surface area contributed by atoms with Crippen molar-refractivity contribution in [3.05, 3.63) is 66.5 Å². The topological polar surface area (TPSA) is 51.1 Å². The molecular formula is C19H22N4O. The molecule has 5 heteroatoms. The first-order chi connectivity index (χ1) is 11.9. The van der Waals surface area contributed by atoms with Crippen molar-refractivity contribution < 1.29 is 4.74 Å². The molecule has 2 atom stereocenters. The summed E-state index contributed by atoms with van der Waals surface area (Å²) in [5, 5.41) is 11.4. The normalized spacial score (nSPS) is 23.8. The Balaban J connectivity index is 1.37. The monoisotopic (exact) mass is 322 g/mol. The van der Waals surface area contributed by atoms with Crippen LogP contribution in [-0.2, 0) is 4.74 Å². The van der Waals surface area contributed by atoms with Crippen LogP contribution in [-0.4, -0.2) is 35.6 Å². The second-order valence-corrected chi connectivity index (χ2v) is 6.14. The van der Waals surface area contributed by atoms with E-state index in [4.69, 9.17) is 4.74 Å². The first kappa shape index (κ1) is 15.2. The summed E-state index contributed by atoms with van der Waals surface area (Å²) in [7, 11) is 0. The molecule has 0 bridgehead atoms. The van der Waals surface area contributed by atoms with E-state index in [1.165, 1.54) is 0 Å². The SMILES string of the molecule is C1=CC([C@H]2CNCCO2)CC=C1Nc1ccn(-c2ccccc2)n1. The summed E-state index contributed by atoms with van der Waals surface area (Å²) in [5.41, 5.74) is 2.15. The highest BCUT2D eigenvalue weighted by Gasteiger charge is 2.23. The Labute approximate surface area is 142 Å². The molecule has 24 heavy (non-hydrogen) atoms. The van der Waals surface area contributed by atoms with Crippen LogP contribution in [0.1, 0.15) is 6.42 Å². The van der Waals surface area contributed by atoms with Crippen LogP contribution in [0.25, 0.3) is 5.69 Å². The molecule has 1 aromatic carbocycles. The maximum absolute atomic E-state index is 5.84. The van der Waals surface area contributed by atoms with Gasteiger partial charge in [0.2, 0.25) is 0 Å². The summed E-state index contributed by atoms with van der Waals surface area (Å²) in [6.45, 7) is 2.70. The minimum Gasteiger partial charge on any atom is -0.375 e. The molecule has 1 aliphatic carbocycles. The second kappa shape index (κ2) is 7.03. The summed E-state index contributed by atoms with van der Waals surface area (Å²) >= 11 is 0. The minimum absolute atomic E-state index is 0.282. The first-order valence-corrected chi connectivity index (χ1v) is 8.47. The largest absolute Gasteiger partial charge is 0.375 e. The van der Waals surface area contributed by atoms with E-state index in [0.717, 1.165) is 43.3 Å². The lowest BCUT2D eigenvalue weighted by Crippen LogP contribution is -2.42. The number of rotatable bonds is 4. The Morgan fingerprint density at radius 3 is 2.88 bits per heavy atom. The van der Waals surface area contributed by atoms with E-state index in [9.17, 15) is 0 Å². The number of allylic oxidation sites excluding steroid dienone is 2. The van der Waals surface area contributed by atoms with E-state index in [-0.39, 0.29) is 6.10 Å². The van der Waals surface area contributed by atoms with Gasteiger partial charge in [0.25, 0.3) is 0 Å². The van der Waals surface area contributed by atoms with Gasteiger partial charge in [-0.3, -0.25) is 0 Å². The van der Waals surface area contributed by atoms with E-state index in [2.05, 4.69) is 34.0 Å². The second-order valence-electron chi connectivity index (χ2n) is 6.14. The van der Waals surface area contributed by atoms with Crippen LogP contribution in [0.4, 0.5) is 5.82 Å². The van der Waals surface area contributed by atoms with E-state index in [0.29, 0.717) is 5.92 Å². The van der Waals surface area contributed by atoms with Crippen LogP contribution < -0.4 is 10.6 Å². The molecule has 1 fully saturated rings.